The maximum absolute atomic E-state index is 11.8. The van der Waals surface area contributed by atoms with Crippen LogP contribution in [0.25, 0.3) is 0 Å². The highest BCUT2D eigenvalue weighted by Crippen LogP contribution is 2.40. The number of carbonyl (C=O) groups excluding carboxylic acids is 2. The van der Waals surface area contributed by atoms with Crippen LogP contribution in [0.3, 0.4) is 0 Å². The van der Waals surface area contributed by atoms with Crippen molar-refractivity contribution in [1.82, 2.24) is 0 Å². The molecule has 1 saturated heterocycles. The third kappa shape index (κ3) is 9.63. The van der Waals surface area contributed by atoms with Gasteiger partial charge in [-0.1, -0.05) is 23.7 Å². The van der Waals surface area contributed by atoms with Crippen LogP contribution in [0.2, 0.25) is 5.02 Å². The third-order valence-corrected chi connectivity index (χ3v) is 6.09. The summed E-state index contributed by atoms with van der Waals surface area (Å²) in [7, 11) is -8.06. The molecule has 0 aliphatic carbocycles. The first-order valence-electron chi connectivity index (χ1n) is 10.1. The van der Waals surface area contributed by atoms with E-state index in [9.17, 15) is 26.4 Å². The quantitative estimate of drug-likeness (QED) is 0.265. The van der Waals surface area contributed by atoms with Crippen LogP contribution in [-0.2, 0) is 63.7 Å². The molecule has 0 bridgehead atoms. The van der Waals surface area contributed by atoms with Gasteiger partial charge >= 0.3 is 11.9 Å². The lowest BCUT2D eigenvalue weighted by Crippen LogP contribution is -2.52. The molecule has 3 unspecified atom stereocenters. The molecular weight excluding hydrogens is 532 g/mol. The molecule has 12 nitrogen and oxygen atoms in total. The first kappa shape index (κ1) is 29.4. The minimum atomic E-state index is -4.03. The zero-order valence-corrected chi connectivity index (χ0v) is 21.9. The Bertz CT molecular complexity index is 1070. The van der Waals surface area contributed by atoms with Gasteiger partial charge in [0.2, 0.25) is 6.29 Å². The lowest BCUT2D eigenvalue weighted by atomic mass is 9.91. The summed E-state index contributed by atoms with van der Waals surface area (Å²) in [5, 5.41) is 0.484. The molecule has 3 atom stereocenters. The van der Waals surface area contributed by atoms with Crippen LogP contribution in [0.15, 0.2) is 24.3 Å². The molecule has 0 saturated carbocycles. The fourth-order valence-electron chi connectivity index (χ4n) is 3.30. The van der Waals surface area contributed by atoms with Crippen LogP contribution < -0.4 is 0 Å². The second-order valence-electron chi connectivity index (χ2n) is 7.92. The Labute approximate surface area is 209 Å². The molecule has 1 fully saturated rings. The summed E-state index contributed by atoms with van der Waals surface area (Å²) in [6.07, 6.45) is -1.05. The summed E-state index contributed by atoms with van der Waals surface area (Å²) in [6, 6.07) is 6.58. The number of hydrogen-bond acceptors (Lipinski definition) is 12. The van der Waals surface area contributed by atoms with E-state index in [1.54, 1.807) is 24.3 Å². The van der Waals surface area contributed by atoms with E-state index in [2.05, 4.69) is 0 Å². The van der Waals surface area contributed by atoms with Crippen molar-refractivity contribution in [3.05, 3.63) is 34.9 Å². The van der Waals surface area contributed by atoms with Crippen LogP contribution in [0.4, 0.5) is 0 Å². The standard InChI is InChI=1S/C20H27ClO12S2/c1-13(22)28-10-17-18(29-9-15-5-7-16(21)8-6-15)20(11-30-34(3,24)25,12-31-35(4,26)27)33-19(17)32-14(2)23/h5-8,17-19H,9-12H2,1-4H3. The average molecular weight is 559 g/mol. The van der Waals surface area contributed by atoms with Gasteiger partial charge in [0.1, 0.15) is 31.5 Å². The van der Waals surface area contributed by atoms with E-state index >= 15 is 0 Å². The lowest BCUT2D eigenvalue weighted by Gasteiger charge is -2.33. The lowest BCUT2D eigenvalue weighted by molar-refractivity contribution is -0.206. The molecule has 0 N–H and O–H groups in total. The molecule has 1 aromatic carbocycles. The van der Waals surface area contributed by atoms with Gasteiger partial charge in [-0.25, -0.2) is 0 Å². The Morgan fingerprint density at radius 2 is 1.51 bits per heavy atom. The third-order valence-electron chi connectivity index (χ3n) is 4.75. The second kappa shape index (κ2) is 12.0. The van der Waals surface area contributed by atoms with Crippen molar-refractivity contribution in [3.8, 4) is 0 Å². The zero-order valence-electron chi connectivity index (χ0n) is 19.5. The number of benzene rings is 1. The van der Waals surface area contributed by atoms with Crippen molar-refractivity contribution in [1.29, 1.82) is 0 Å². The molecule has 0 radical (unpaired) electrons. The molecule has 35 heavy (non-hydrogen) atoms. The van der Waals surface area contributed by atoms with Gasteiger partial charge in [-0.2, -0.15) is 16.8 Å². The van der Waals surface area contributed by atoms with Crippen LogP contribution >= 0.6 is 11.6 Å². The Kier molecular flexibility index (Phi) is 10.0. The summed E-state index contributed by atoms with van der Waals surface area (Å²) in [5.74, 6) is -2.41. The highest BCUT2D eigenvalue weighted by Gasteiger charge is 2.59. The van der Waals surface area contributed by atoms with Crippen molar-refractivity contribution in [2.24, 2.45) is 5.92 Å². The molecular formula is C20H27ClO12S2. The second-order valence-corrected chi connectivity index (χ2v) is 11.6. The van der Waals surface area contributed by atoms with Crippen molar-refractivity contribution in [3.63, 3.8) is 0 Å². The van der Waals surface area contributed by atoms with E-state index < -0.39 is 69.3 Å². The van der Waals surface area contributed by atoms with Crippen molar-refractivity contribution in [2.75, 3.05) is 32.3 Å². The SMILES string of the molecule is CC(=O)OCC1C(OC(C)=O)OC(COS(C)(=O)=O)(COS(C)(=O)=O)C1OCc1ccc(Cl)cc1. The molecule has 198 valence electrons. The molecule has 1 heterocycles. The van der Waals surface area contributed by atoms with Gasteiger partial charge in [0, 0.05) is 18.9 Å². The first-order chi connectivity index (χ1) is 16.1. The molecule has 1 aliphatic rings. The van der Waals surface area contributed by atoms with Gasteiger partial charge in [0.05, 0.1) is 25.0 Å². The van der Waals surface area contributed by atoms with E-state index in [1.807, 2.05) is 0 Å². The van der Waals surface area contributed by atoms with Crippen LogP contribution in [0.5, 0.6) is 0 Å². The number of esters is 2. The van der Waals surface area contributed by atoms with E-state index in [0.717, 1.165) is 26.4 Å². The van der Waals surface area contributed by atoms with Crippen molar-refractivity contribution in [2.45, 2.75) is 38.4 Å². The summed E-state index contributed by atoms with van der Waals surface area (Å²) in [4.78, 5) is 23.2. The Morgan fingerprint density at radius 3 is 1.97 bits per heavy atom. The largest absolute Gasteiger partial charge is 0.465 e. The fraction of sp³-hybridized carbons (Fsp3) is 0.600. The Morgan fingerprint density at radius 1 is 0.971 bits per heavy atom. The zero-order chi connectivity index (χ0) is 26.4. The fourth-order valence-corrected chi connectivity index (χ4v) is 4.26. The van der Waals surface area contributed by atoms with Gasteiger partial charge in [-0.3, -0.25) is 18.0 Å². The van der Waals surface area contributed by atoms with Gasteiger partial charge in [0.15, 0.2) is 0 Å². The first-order valence-corrected chi connectivity index (χ1v) is 14.1. The number of halogens is 1. The smallest absolute Gasteiger partial charge is 0.304 e. The normalized spacial score (nSPS) is 22.0. The maximum atomic E-state index is 11.8. The predicted octanol–water partition coefficient (Wildman–Crippen LogP) is 1.02. The van der Waals surface area contributed by atoms with E-state index in [1.165, 1.54) is 0 Å². The highest BCUT2D eigenvalue weighted by atomic mass is 35.5. The van der Waals surface area contributed by atoms with Gasteiger partial charge in [-0.15, -0.1) is 0 Å². The van der Waals surface area contributed by atoms with Gasteiger partial charge in [-0.05, 0) is 17.7 Å². The Balaban J connectivity index is 2.50. The molecule has 0 amide bonds. The van der Waals surface area contributed by atoms with Crippen LogP contribution in [0.1, 0.15) is 19.4 Å². The number of rotatable bonds is 12. The van der Waals surface area contributed by atoms with Crippen molar-refractivity contribution >= 4 is 43.8 Å². The van der Waals surface area contributed by atoms with Crippen LogP contribution in [-0.4, -0.2) is 79.1 Å². The molecule has 2 rings (SSSR count). The number of hydrogen-bond donors (Lipinski definition) is 0. The predicted molar refractivity (Wildman–Crippen MR) is 121 cm³/mol. The molecule has 0 aromatic heterocycles. The number of carbonyl (C=O) groups is 2. The molecule has 15 heteroatoms. The molecule has 1 aromatic rings. The van der Waals surface area contributed by atoms with Gasteiger partial charge in [0.25, 0.3) is 20.2 Å². The summed E-state index contributed by atoms with van der Waals surface area (Å²) in [6.45, 7) is 0.330. The molecule has 1 aliphatic heterocycles. The molecule has 0 spiro atoms. The topological polar surface area (TPSA) is 158 Å². The van der Waals surface area contributed by atoms with Gasteiger partial charge < -0.3 is 18.9 Å². The minimum absolute atomic E-state index is 0.0753. The van der Waals surface area contributed by atoms with Crippen LogP contribution in [0, 0.1) is 5.92 Å². The van der Waals surface area contributed by atoms with E-state index in [4.69, 9.17) is 38.9 Å². The highest BCUT2D eigenvalue weighted by molar-refractivity contribution is 7.86. The monoisotopic (exact) mass is 558 g/mol. The average Bonchev–Trinajstić information content (AvgIpc) is 3.00. The summed E-state index contributed by atoms with van der Waals surface area (Å²) in [5.41, 5.74) is -1.25. The Hall–Kier alpha value is -1.81. The van der Waals surface area contributed by atoms with E-state index in [0.29, 0.717) is 10.6 Å². The summed E-state index contributed by atoms with van der Waals surface area (Å²) >= 11 is 5.91. The minimum Gasteiger partial charge on any atom is -0.465 e. The maximum Gasteiger partial charge on any atom is 0.304 e. The number of ether oxygens (including phenoxy) is 4. The van der Waals surface area contributed by atoms with E-state index in [-0.39, 0.29) is 13.2 Å². The van der Waals surface area contributed by atoms with Crippen molar-refractivity contribution < 1.29 is 53.7 Å². The summed E-state index contributed by atoms with van der Waals surface area (Å²) < 4.78 is 79.1.